The van der Waals surface area contributed by atoms with Gasteiger partial charge >= 0.3 is 0 Å². The zero-order valence-electron chi connectivity index (χ0n) is 12.2. The maximum absolute atomic E-state index is 10.1. The summed E-state index contributed by atoms with van der Waals surface area (Å²) in [7, 11) is 0. The third-order valence-corrected chi connectivity index (χ3v) is 4.50. The lowest BCUT2D eigenvalue weighted by Gasteiger charge is -2.12. The average Bonchev–Trinajstić information content (AvgIpc) is 3.13. The van der Waals surface area contributed by atoms with Gasteiger partial charge in [0.1, 0.15) is 11.3 Å². The van der Waals surface area contributed by atoms with Crippen molar-refractivity contribution in [1.82, 2.24) is 14.5 Å². The van der Waals surface area contributed by atoms with Crippen molar-refractivity contribution < 1.29 is 5.11 Å². The SMILES string of the molecule is CCc1nc2cnc3ccccc3c2n1CCC1(O)CC1. The predicted octanol–water partition coefficient (Wildman–Crippen LogP) is 3.06. The zero-order valence-corrected chi connectivity index (χ0v) is 12.2. The highest BCUT2D eigenvalue weighted by Gasteiger charge is 2.39. The molecule has 4 nitrogen and oxygen atoms in total. The number of aryl methyl sites for hydroxylation is 2. The van der Waals surface area contributed by atoms with Gasteiger partial charge in [0.2, 0.25) is 0 Å². The van der Waals surface area contributed by atoms with Gasteiger partial charge in [-0.1, -0.05) is 25.1 Å². The summed E-state index contributed by atoms with van der Waals surface area (Å²) in [6.45, 7) is 2.95. The predicted molar refractivity (Wildman–Crippen MR) is 83.2 cm³/mol. The standard InChI is InChI=1S/C17H19N3O/c1-2-15-19-14-11-18-13-6-4-3-5-12(13)16(14)20(15)10-9-17(21)7-8-17/h3-6,11,21H,2,7-10H2,1H3. The van der Waals surface area contributed by atoms with Crippen LogP contribution < -0.4 is 0 Å². The van der Waals surface area contributed by atoms with Crippen LogP contribution in [-0.4, -0.2) is 25.2 Å². The second-order valence-corrected chi connectivity index (χ2v) is 6.02. The van der Waals surface area contributed by atoms with Crippen molar-refractivity contribution in [3.63, 3.8) is 0 Å². The molecule has 2 aromatic heterocycles. The lowest BCUT2D eigenvalue weighted by Crippen LogP contribution is -2.13. The van der Waals surface area contributed by atoms with Crippen LogP contribution in [0.5, 0.6) is 0 Å². The molecular weight excluding hydrogens is 262 g/mol. The maximum Gasteiger partial charge on any atom is 0.109 e. The minimum atomic E-state index is -0.426. The molecule has 1 aliphatic rings. The minimum Gasteiger partial charge on any atom is -0.390 e. The Morgan fingerprint density at radius 2 is 2.05 bits per heavy atom. The quantitative estimate of drug-likeness (QED) is 0.799. The summed E-state index contributed by atoms with van der Waals surface area (Å²) < 4.78 is 2.27. The molecule has 0 bridgehead atoms. The van der Waals surface area contributed by atoms with Gasteiger partial charge in [-0.15, -0.1) is 0 Å². The molecule has 1 N–H and O–H groups in total. The second kappa shape index (κ2) is 4.53. The molecular formula is C17H19N3O. The number of benzene rings is 1. The minimum absolute atomic E-state index is 0.426. The molecule has 0 unspecified atom stereocenters. The van der Waals surface area contributed by atoms with Crippen LogP contribution in [0.3, 0.4) is 0 Å². The Labute approximate surface area is 123 Å². The fraction of sp³-hybridized carbons (Fsp3) is 0.412. The molecule has 4 heteroatoms. The van der Waals surface area contributed by atoms with Crippen LogP contribution in [0.15, 0.2) is 30.5 Å². The third kappa shape index (κ3) is 2.10. The monoisotopic (exact) mass is 281 g/mol. The van der Waals surface area contributed by atoms with E-state index in [2.05, 4.69) is 22.5 Å². The van der Waals surface area contributed by atoms with E-state index in [-0.39, 0.29) is 0 Å². The van der Waals surface area contributed by atoms with Crippen molar-refractivity contribution in [2.75, 3.05) is 0 Å². The van der Waals surface area contributed by atoms with Crippen LogP contribution in [0.1, 0.15) is 32.0 Å². The first-order chi connectivity index (χ1) is 10.2. The fourth-order valence-electron chi connectivity index (χ4n) is 3.04. The van der Waals surface area contributed by atoms with Crippen LogP contribution in [0, 0.1) is 0 Å². The van der Waals surface area contributed by atoms with Crippen LogP contribution >= 0.6 is 0 Å². The summed E-state index contributed by atoms with van der Waals surface area (Å²) >= 11 is 0. The number of para-hydroxylation sites is 1. The number of rotatable bonds is 4. The molecule has 0 spiro atoms. The topological polar surface area (TPSA) is 50.9 Å². The van der Waals surface area contributed by atoms with E-state index in [1.807, 2.05) is 24.4 Å². The number of aromatic nitrogens is 3. The Morgan fingerprint density at radius 3 is 2.81 bits per heavy atom. The molecule has 1 aliphatic carbocycles. The van der Waals surface area contributed by atoms with E-state index in [0.29, 0.717) is 0 Å². The van der Waals surface area contributed by atoms with E-state index in [9.17, 15) is 5.11 Å². The van der Waals surface area contributed by atoms with Gasteiger partial charge in [-0.25, -0.2) is 4.98 Å². The van der Waals surface area contributed by atoms with E-state index < -0.39 is 5.60 Å². The third-order valence-electron chi connectivity index (χ3n) is 4.50. The van der Waals surface area contributed by atoms with Crippen LogP contribution in [0.4, 0.5) is 0 Å². The molecule has 1 aromatic carbocycles. The fourth-order valence-corrected chi connectivity index (χ4v) is 3.04. The van der Waals surface area contributed by atoms with Gasteiger partial charge in [-0.05, 0) is 25.3 Å². The molecule has 108 valence electrons. The van der Waals surface area contributed by atoms with Gasteiger partial charge < -0.3 is 9.67 Å². The Hall–Kier alpha value is -1.94. The summed E-state index contributed by atoms with van der Waals surface area (Å²) in [6, 6.07) is 8.19. The summed E-state index contributed by atoms with van der Waals surface area (Å²) in [5.41, 5.74) is 2.68. The van der Waals surface area contributed by atoms with E-state index in [4.69, 9.17) is 4.98 Å². The second-order valence-electron chi connectivity index (χ2n) is 6.02. The molecule has 1 fully saturated rings. The van der Waals surface area contributed by atoms with E-state index in [1.54, 1.807) is 0 Å². The van der Waals surface area contributed by atoms with Crippen molar-refractivity contribution in [2.45, 2.75) is 44.8 Å². The average molecular weight is 281 g/mol. The largest absolute Gasteiger partial charge is 0.390 e. The van der Waals surface area contributed by atoms with E-state index >= 15 is 0 Å². The number of nitrogens with zero attached hydrogens (tertiary/aromatic N) is 3. The van der Waals surface area contributed by atoms with Gasteiger partial charge in [0.15, 0.2) is 0 Å². The highest BCUT2D eigenvalue weighted by Crippen LogP contribution is 2.39. The first kappa shape index (κ1) is 12.8. The Kier molecular flexibility index (Phi) is 2.76. The van der Waals surface area contributed by atoms with Crippen LogP contribution in [-0.2, 0) is 13.0 Å². The number of pyridine rings is 1. The van der Waals surface area contributed by atoms with Gasteiger partial charge in [-0.3, -0.25) is 4.98 Å². The number of imidazole rings is 1. The first-order valence-corrected chi connectivity index (χ1v) is 7.65. The molecule has 0 aliphatic heterocycles. The van der Waals surface area contributed by atoms with Crippen molar-refractivity contribution in [3.05, 3.63) is 36.3 Å². The molecule has 4 rings (SSSR count). The van der Waals surface area contributed by atoms with Crippen molar-refractivity contribution >= 4 is 21.9 Å². The van der Waals surface area contributed by atoms with Crippen molar-refractivity contribution in [3.8, 4) is 0 Å². The summed E-state index contributed by atoms with van der Waals surface area (Å²) in [5, 5.41) is 11.3. The highest BCUT2D eigenvalue weighted by molar-refractivity contribution is 6.02. The van der Waals surface area contributed by atoms with Crippen molar-refractivity contribution in [2.24, 2.45) is 0 Å². The molecule has 0 atom stereocenters. The van der Waals surface area contributed by atoms with Crippen LogP contribution in [0.25, 0.3) is 21.9 Å². The molecule has 0 amide bonds. The number of hydrogen-bond donors (Lipinski definition) is 1. The molecule has 0 saturated heterocycles. The van der Waals surface area contributed by atoms with Crippen LogP contribution in [0.2, 0.25) is 0 Å². The molecule has 1 saturated carbocycles. The highest BCUT2D eigenvalue weighted by atomic mass is 16.3. The number of fused-ring (bicyclic) bond motifs is 3. The Morgan fingerprint density at radius 1 is 1.24 bits per heavy atom. The summed E-state index contributed by atoms with van der Waals surface area (Å²) in [6.07, 6.45) is 5.43. The summed E-state index contributed by atoms with van der Waals surface area (Å²) in [5.74, 6) is 1.08. The lowest BCUT2D eigenvalue weighted by atomic mass is 10.2. The smallest absolute Gasteiger partial charge is 0.109 e. The molecule has 2 heterocycles. The van der Waals surface area contributed by atoms with Gasteiger partial charge in [0.25, 0.3) is 0 Å². The van der Waals surface area contributed by atoms with Gasteiger partial charge in [-0.2, -0.15) is 0 Å². The molecule has 0 radical (unpaired) electrons. The normalized spacial score (nSPS) is 16.7. The molecule has 3 aromatic rings. The number of aliphatic hydroxyl groups is 1. The van der Waals surface area contributed by atoms with E-state index in [0.717, 1.165) is 60.0 Å². The Bertz CT molecular complexity index is 817. The summed E-state index contributed by atoms with van der Waals surface area (Å²) in [4.78, 5) is 9.22. The maximum atomic E-state index is 10.1. The lowest BCUT2D eigenvalue weighted by molar-refractivity contribution is 0.134. The first-order valence-electron chi connectivity index (χ1n) is 7.65. The Balaban J connectivity index is 1.90. The zero-order chi connectivity index (χ0) is 14.4. The van der Waals surface area contributed by atoms with Gasteiger partial charge in [0, 0.05) is 18.4 Å². The van der Waals surface area contributed by atoms with Crippen molar-refractivity contribution in [1.29, 1.82) is 0 Å². The van der Waals surface area contributed by atoms with E-state index in [1.165, 1.54) is 0 Å². The molecule has 21 heavy (non-hydrogen) atoms. The number of hydrogen-bond acceptors (Lipinski definition) is 3. The van der Waals surface area contributed by atoms with Gasteiger partial charge in [0.05, 0.1) is 22.8 Å².